The Balaban J connectivity index is 3.11. The molecule has 0 N–H and O–H groups in total. The predicted molar refractivity (Wildman–Crippen MR) is 69.1 cm³/mol. The first kappa shape index (κ1) is 13.5. The van der Waals surface area contributed by atoms with E-state index in [1.54, 1.807) is 6.07 Å². The minimum absolute atomic E-state index is 0.00255. The molecule has 1 aromatic rings. The van der Waals surface area contributed by atoms with Gasteiger partial charge in [0, 0.05) is 27.9 Å². The summed E-state index contributed by atoms with van der Waals surface area (Å²) in [5, 5.41) is 10.6. The van der Waals surface area contributed by atoms with Crippen LogP contribution in [0.5, 0.6) is 0 Å². The Bertz CT molecular complexity index is 396. The number of rotatable bonds is 4. The van der Waals surface area contributed by atoms with Crippen molar-refractivity contribution in [1.82, 2.24) is 0 Å². The zero-order valence-electron chi connectivity index (χ0n) is 9.11. The van der Waals surface area contributed by atoms with Crippen molar-refractivity contribution in [3.63, 3.8) is 0 Å². The molecule has 2 unspecified atom stereocenters. The van der Waals surface area contributed by atoms with E-state index in [9.17, 15) is 10.1 Å². The molecule has 2 atom stereocenters. The van der Waals surface area contributed by atoms with Crippen LogP contribution in [0.2, 0.25) is 0 Å². The van der Waals surface area contributed by atoms with E-state index in [1.807, 2.05) is 6.92 Å². The van der Waals surface area contributed by atoms with Crippen LogP contribution in [0.25, 0.3) is 0 Å². The Hall–Kier alpha value is -0.610. The molecule has 0 heterocycles. The van der Waals surface area contributed by atoms with Gasteiger partial charge in [-0.25, -0.2) is 0 Å². The fourth-order valence-corrected chi connectivity index (χ4v) is 2.70. The van der Waals surface area contributed by atoms with Crippen molar-refractivity contribution in [3.05, 3.63) is 38.3 Å². The zero-order chi connectivity index (χ0) is 12.3. The number of nitro groups is 1. The van der Waals surface area contributed by atoms with E-state index in [1.165, 1.54) is 12.1 Å². The lowest BCUT2D eigenvalue weighted by Gasteiger charge is -2.19. The minimum atomic E-state index is -0.403. The molecule has 0 amide bonds. The molecule has 88 valence electrons. The fraction of sp³-hybridized carbons (Fsp3) is 0.455. The maximum atomic E-state index is 10.6. The molecule has 1 aromatic carbocycles. The Morgan fingerprint density at radius 3 is 2.56 bits per heavy atom. The van der Waals surface area contributed by atoms with E-state index in [0.717, 1.165) is 16.5 Å². The van der Waals surface area contributed by atoms with Crippen LogP contribution in [0.15, 0.2) is 22.7 Å². The van der Waals surface area contributed by atoms with Gasteiger partial charge in [0.1, 0.15) is 0 Å². The van der Waals surface area contributed by atoms with Gasteiger partial charge >= 0.3 is 0 Å². The number of non-ortho nitro benzene ring substituents is 1. The fourth-order valence-electron chi connectivity index (χ4n) is 1.72. The molecule has 0 aliphatic heterocycles. The maximum Gasteiger partial charge on any atom is 0.270 e. The van der Waals surface area contributed by atoms with E-state index in [-0.39, 0.29) is 17.0 Å². The van der Waals surface area contributed by atoms with E-state index in [2.05, 4.69) is 22.9 Å². The summed E-state index contributed by atoms with van der Waals surface area (Å²) in [6, 6.07) is 4.81. The highest BCUT2D eigenvalue weighted by Crippen LogP contribution is 2.34. The van der Waals surface area contributed by atoms with Crippen LogP contribution in [0, 0.1) is 10.1 Å². The van der Waals surface area contributed by atoms with Gasteiger partial charge in [0.05, 0.1) is 4.92 Å². The van der Waals surface area contributed by atoms with Crippen molar-refractivity contribution in [2.24, 2.45) is 0 Å². The zero-order valence-corrected chi connectivity index (χ0v) is 11.5. The Kier molecular flexibility index (Phi) is 4.74. The lowest BCUT2D eigenvalue weighted by Crippen LogP contribution is -2.09. The average molecular weight is 307 g/mol. The first-order valence-electron chi connectivity index (χ1n) is 5.05. The molecule has 0 bridgehead atoms. The quantitative estimate of drug-likeness (QED) is 0.467. The number of alkyl halides is 1. The smallest absolute Gasteiger partial charge is 0.258 e. The van der Waals surface area contributed by atoms with Crippen molar-refractivity contribution >= 4 is 33.2 Å². The van der Waals surface area contributed by atoms with Crippen molar-refractivity contribution in [2.75, 3.05) is 0 Å². The number of nitrogens with zero attached hydrogens (tertiary/aromatic N) is 1. The molecule has 0 saturated heterocycles. The molecule has 0 aliphatic carbocycles. The van der Waals surface area contributed by atoms with E-state index >= 15 is 0 Å². The van der Waals surface area contributed by atoms with Gasteiger partial charge in [-0.3, -0.25) is 10.1 Å². The lowest BCUT2D eigenvalue weighted by molar-refractivity contribution is -0.384. The highest BCUT2D eigenvalue weighted by molar-refractivity contribution is 9.10. The summed E-state index contributed by atoms with van der Waals surface area (Å²) in [4.78, 5) is 10.2. The number of halogens is 2. The van der Waals surface area contributed by atoms with Gasteiger partial charge in [0.2, 0.25) is 0 Å². The summed E-state index contributed by atoms with van der Waals surface area (Å²) in [5.41, 5.74) is 1.11. The Morgan fingerprint density at radius 1 is 1.56 bits per heavy atom. The number of benzene rings is 1. The molecule has 0 fully saturated rings. The van der Waals surface area contributed by atoms with Crippen LogP contribution >= 0.6 is 27.5 Å². The van der Waals surface area contributed by atoms with Gasteiger partial charge in [0.25, 0.3) is 5.69 Å². The van der Waals surface area contributed by atoms with E-state index in [4.69, 9.17) is 11.6 Å². The third-order valence-corrected chi connectivity index (χ3v) is 3.58. The van der Waals surface area contributed by atoms with Gasteiger partial charge in [-0.1, -0.05) is 28.9 Å². The highest BCUT2D eigenvalue weighted by Gasteiger charge is 2.19. The van der Waals surface area contributed by atoms with Gasteiger partial charge in [-0.15, -0.1) is 11.6 Å². The molecule has 1 rings (SSSR count). The topological polar surface area (TPSA) is 43.1 Å². The van der Waals surface area contributed by atoms with Crippen LogP contribution in [0.3, 0.4) is 0 Å². The van der Waals surface area contributed by atoms with Crippen molar-refractivity contribution in [3.8, 4) is 0 Å². The first-order valence-corrected chi connectivity index (χ1v) is 6.28. The normalized spacial score (nSPS) is 14.5. The van der Waals surface area contributed by atoms with Crippen molar-refractivity contribution in [1.29, 1.82) is 0 Å². The Labute approximate surface area is 108 Å². The SMILES string of the molecule is CCC(c1ccc([N+](=O)[O-])cc1Br)C(C)Cl. The van der Waals surface area contributed by atoms with Crippen LogP contribution in [-0.2, 0) is 0 Å². The maximum absolute atomic E-state index is 10.6. The number of hydrogen-bond donors (Lipinski definition) is 0. The molecule has 0 saturated carbocycles. The second kappa shape index (κ2) is 5.64. The van der Waals surface area contributed by atoms with Crippen LogP contribution in [0.4, 0.5) is 5.69 Å². The van der Waals surface area contributed by atoms with Crippen LogP contribution in [-0.4, -0.2) is 10.3 Å². The molecular formula is C11H13BrClNO2. The second-order valence-corrected chi connectivity index (χ2v) is 5.20. The molecular weight excluding hydrogens is 293 g/mol. The van der Waals surface area contributed by atoms with Gasteiger partial charge in [-0.05, 0) is 18.9 Å². The van der Waals surface area contributed by atoms with Gasteiger partial charge in [0.15, 0.2) is 0 Å². The van der Waals surface area contributed by atoms with Crippen molar-refractivity contribution < 1.29 is 4.92 Å². The third kappa shape index (κ3) is 2.95. The van der Waals surface area contributed by atoms with E-state index < -0.39 is 4.92 Å². The summed E-state index contributed by atoms with van der Waals surface area (Å²) in [7, 11) is 0. The molecule has 0 aromatic heterocycles. The molecule has 0 radical (unpaired) electrons. The summed E-state index contributed by atoms with van der Waals surface area (Å²) >= 11 is 9.46. The molecule has 5 heteroatoms. The highest BCUT2D eigenvalue weighted by atomic mass is 79.9. The largest absolute Gasteiger partial charge is 0.270 e. The number of nitro benzene ring substituents is 1. The van der Waals surface area contributed by atoms with Crippen LogP contribution in [0.1, 0.15) is 31.7 Å². The summed E-state index contributed by atoms with van der Waals surface area (Å²) in [5.74, 6) is 0.205. The molecule has 0 spiro atoms. The second-order valence-electron chi connectivity index (χ2n) is 3.66. The molecule has 16 heavy (non-hydrogen) atoms. The van der Waals surface area contributed by atoms with E-state index in [0.29, 0.717) is 0 Å². The van der Waals surface area contributed by atoms with Crippen molar-refractivity contribution in [2.45, 2.75) is 31.6 Å². The molecule has 0 aliphatic rings. The van der Waals surface area contributed by atoms with Gasteiger partial charge in [-0.2, -0.15) is 0 Å². The first-order chi connectivity index (χ1) is 7.47. The van der Waals surface area contributed by atoms with Gasteiger partial charge < -0.3 is 0 Å². The average Bonchev–Trinajstić information content (AvgIpc) is 2.20. The summed E-state index contributed by atoms with van der Waals surface area (Å²) in [6.45, 7) is 3.99. The third-order valence-electron chi connectivity index (χ3n) is 2.59. The monoisotopic (exact) mass is 305 g/mol. The Morgan fingerprint density at radius 2 is 2.19 bits per heavy atom. The summed E-state index contributed by atoms with van der Waals surface area (Å²) < 4.78 is 0.751. The standard InChI is InChI=1S/C11H13BrClNO2/c1-3-9(7(2)13)10-5-4-8(14(15)16)6-11(10)12/h4-7,9H,3H2,1-2H3. The lowest BCUT2D eigenvalue weighted by atomic mass is 9.93. The number of hydrogen-bond acceptors (Lipinski definition) is 2. The van der Waals surface area contributed by atoms with Crippen LogP contribution < -0.4 is 0 Å². The molecule has 3 nitrogen and oxygen atoms in total. The predicted octanol–water partition coefficient (Wildman–Crippen LogP) is 4.48. The summed E-state index contributed by atoms with van der Waals surface area (Å²) in [6.07, 6.45) is 0.904. The minimum Gasteiger partial charge on any atom is -0.258 e.